The molecule has 0 aliphatic carbocycles. The van der Waals surface area contributed by atoms with Crippen LogP contribution in [-0.4, -0.2) is 14.5 Å². The molecule has 3 nitrogen and oxygen atoms in total. The number of thiophene rings is 2. The minimum Gasteiger partial charge on any atom is -0.309 e. The molecule has 0 amide bonds. The highest BCUT2D eigenvalue weighted by Crippen LogP contribution is 2.45. The highest BCUT2D eigenvalue weighted by atomic mass is 32.1. The fourth-order valence-corrected chi connectivity index (χ4v) is 9.16. The average molecular weight is 610 g/mol. The van der Waals surface area contributed by atoms with Crippen LogP contribution < -0.4 is 0 Å². The van der Waals surface area contributed by atoms with Gasteiger partial charge < -0.3 is 4.57 Å². The Morgan fingerprint density at radius 1 is 0.467 bits per heavy atom. The van der Waals surface area contributed by atoms with Crippen LogP contribution in [0.3, 0.4) is 0 Å². The van der Waals surface area contributed by atoms with Gasteiger partial charge in [-0.2, -0.15) is 0 Å². The van der Waals surface area contributed by atoms with Gasteiger partial charge in [0, 0.05) is 57.8 Å². The van der Waals surface area contributed by atoms with Crippen molar-refractivity contribution in [2.24, 2.45) is 0 Å². The summed E-state index contributed by atoms with van der Waals surface area (Å²) in [5.41, 5.74) is 7.63. The second-order valence-electron chi connectivity index (χ2n) is 11.4. The van der Waals surface area contributed by atoms with E-state index in [1.54, 1.807) is 11.3 Å². The molecule has 0 atom stereocenters. The molecular formula is C40H23N3S2. The molecule has 0 saturated heterocycles. The molecule has 45 heavy (non-hydrogen) atoms. The SMILES string of the molecule is c1ccc(-c2nc(-c3cc(-n4c5ccccc5c5ccccc54)cc4c3sc3ccccc34)nc3c2sc2ccccc23)cc1. The van der Waals surface area contributed by atoms with Crippen molar-refractivity contribution in [2.45, 2.75) is 0 Å². The first-order valence-corrected chi connectivity index (χ1v) is 16.6. The molecule has 10 rings (SSSR count). The van der Waals surface area contributed by atoms with E-state index >= 15 is 0 Å². The number of fused-ring (bicyclic) bond motifs is 9. The number of aromatic nitrogens is 3. The highest BCUT2D eigenvalue weighted by Gasteiger charge is 2.21. The van der Waals surface area contributed by atoms with Gasteiger partial charge in [-0.3, -0.25) is 0 Å². The van der Waals surface area contributed by atoms with Crippen LogP contribution in [0.15, 0.2) is 140 Å². The lowest BCUT2D eigenvalue weighted by atomic mass is 10.1. The highest BCUT2D eigenvalue weighted by molar-refractivity contribution is 7.26. The summed E-state index contributed by atoms with van der Waals surface area (Å²) in [7, 11) is 0. The molecule has 4 heterocycles. The fourth-order valence-electron chi connectivity index (χ4n) is 6.81. The molecule has 210 valence electrons. The molecule has 5 heteroatoms. The van der Waals surface area contributed by atoms with Crippen molar-refractivity contribution in [1.29, 1.82) is 0 Å². The Morgan fingerprint density at radius 3 is 1.78 bits per heavy atom. The molecule has 0 unspecified atom stereocenters. The number of hydrogen-bond acceptors (Lipinski definition) is 4. The first-order chi connectivity index (χ1) is 22.3. The van der Waals surface area contributed by atoms with Gasteiger partial charge in [-0.1, -0.05) is 103 Å². The van der Waals surface area contributed by atoms with E-state index in [9.17, 15) is 0 Å². The summed E-state index contributed by atoms with van der Waals surface area (Å²) < 4.78 is 7.22. The predicted octanol–water partition coefficient (Wildman–Crippen LogP) is 11.6. The third-order valence-corrected chi connectivity index (χ3v) is 11.2. The van der Waals surface area contributed by atoms with Gasteiger partial charge in [0.25, 0.3) is 0 Å². The first-order valence-electron chi connectivity index (χ1n) is 15.0. The summed E-state index contributed by atoms with van der Waals surface area (Å²) in [6.45, 7) is 0. The molecule has 0 saturated carbocycles. The van der Waals surface area contributed by atoms with Crippen LogP contribution >= 0.6 is 22.7 Å². The van der Waals surface area contributed by atoms with Gasteiger partial charge in [0.05, 0.1) is 26.9 Å². The number of nitrogens with zero attached hydrogens (tertiary/aromatic N) is 3. The average Bonchev–Trinajstić information content (AvgIpc) is 3.77. The van der Waals surface area contributed by atoms with Crippen molar-refractivity contribution < 1.29 is 0 Å². The molecule has 0 N–H and O–H groups in total. The molecule has 10 aromatic rings. The van der Waals surface area contributed by atoms with Crippen LogP contribution in [-0.2, 0) is 0 Å². The molecule has 4 aromatic heterocycles. The molecule has 0 spiro atoms. The zero-order valence-electron chi connectivity index (χ0n) is 23.9. The van der Waals surface area contributed by atoms with Crippen LogP contribution in [0.2, 0.25) is 0 Å². The molecular weight excluding hydrogens is 587 g/mol. The summed E-state index contributed by atoms with van der Waals surface area (Å²) in [5, 5.41) is 6.15. The molecule has 0 bridgehead atoms. The zero-order chi connectivity index (χ0) is 29.5. The monoisotopic (exact) mass is 609 g/mol. The Kier molecular flexibility index (Phi) is 5.32. The smallest absolute Gasteiger partial charge is 0.162 e. The third kappa shape index (κ3) is 3.69. The summed E-state index contributed by atoms with van der Waals surface area (Å²) >= 11 is 3.59. The minimum absolute atomic E-state index is 0.754. The number of benzene rings is 6. The second kappa shape index (κ2) is 9.57. The van der Waals surface area contributed by atoms with E-state index in [1.807, 2.05) is 11.3 Å². The van der Waals surface area contributed by atoms with E-state index < -0.39 is 0 Å². The van der Waals surface area contributed by atoms with Crippen molar-refractivity contribution in [3.05, 3.63) is 140 Å². The Hall–Kier alpha value is -5.36. The Bertz CT molecular complexity index is 2710. The predicted molar refractivity (Wildman–Crippen MR) is 193 cm³/mol. The van der Waals surface area contributed by atoms with Crippen LogP contribution in [0.1, 0.15) is 0 Å². The van der Waals surface area contributed by atoms with E-state index in [0.29, 0.717) is 0 Å². The van der Waals surface area contributed by atoms with Crippen LogP contribution in [0.4, 0.5) is 0 Å². The summed E-state index contributed by atoms with van der Waals surface area (Å²) in [6.07, 6.45) is 0. The summed E-state index contributed by atoms with van der Waals surface area (Å²) in [4.78, 5) is 10.8. The normalized spacial score (nSPS) is 12.0. The first kappa shape index (κ1) is 25.0. The lowest BCUT2D eigenvalue weighted by Gasteiger charge is -2.13. The Balaban J connectivity index is 1.36. The maximum atomic E-state index is 5.40. The van der Waals surface area contributed by atoms with Crippen LogP contribution in [0.25, 0.3) is 90.6 Å². The Morgan fingerprint density at radius 2 is 1.04 bits per heavy atom. The number of para-hydroxylation sites is 2. The van der Waals surface area contributed by atoms with Crippen molar-refractivity contribution in [2.75, 3.05) is 0 Å². The van der Waals surface area contributed by atoms with Crippen molar-refractivity contribution in [3.63, 3.8) is 0 Å². The lowest BCUT2D eigenvalue weighted by Crippen LogP contribution is -1.97. The van der Waals surface area contributed by atoms with Gasteiger partial charge >= 0.3 is 0 Å². The number of hydrogen-bond donors (Lipinski definition) is 0. The van der Waals surface area contributed by atoms with E-state index in [-0.39, 0.29) is 0 Å². The van der Waals surface area contributed by atoms with Gasteiger partial charge in [-0.25, -0.2) is 9.97 Å². The number of rotatable bonds is 3. The molecule has 0 fully saturated rings. The van der Waals surface area contributed by atoms with Gasteiger partial charge in [0.2, 0.25) is 0 Å². The lowest BCUT2D eigenvalue weighted by molar-refractivity contribution is 1.18. The summed E-state index contributed by atoms with van der Waals surface area (Å²) in [6, 6.07) is 49.9. The largest absolute Gasteiger partial charge is 0.309 e. The quantitative estimate of drug-likeness (QED) is 0.199. The van der Waals surface area contributed by atoms with Crippen LogP contribution in [0.5, 0.6) is 0 Å². The van der Waals surface area contributed by atoms with Crippen LogP contribution in [0, 0.1) is 0 Å². The maximum absolute atomic E-state index is 5.40. The van der Waals surface area contributed by atoms with E-state index in [1.165, 1.54) is 52.1 Å². The third-order valence-electron chi connectivity index (χ3n) is 8.81. The van der Waals surface area contributed by atoms with Crippen molar-refractivity contribution in [1.82, 2.24) is 14.5 Å². The molecule has 0 aliphatic rings. The topological polar surface area (TPSA) is 30.7 Å². The minimum atomic E-state index is 0.754. The zero-order valence-corrected chi connectivity index (χ0v) is 25.6. The Labute approximate surface area is 266 Å². The molecule has 0 aliphatic heterocycles. The summed E-state index contributed by atoms with van der Waals surface area (Å²) in [5.74, 6) is 0.754. The van der Waals surface area contributed by atoms with Gasteiger partial charge in [-0.05, 0) is 36.4 Å². The van der Waals surface area contributed by atoms with E-state index in [0.717, 1.165) is 38.5 Å². The van der Waals surface area contributed by atoms with E-state index in [4.69, 9.17) is 9.97 Å². The van der Waals surface area contributed by atoms with Gasteiger partial charge in [0.1, 0.15) is 0 Å². The van der Waals surface area contributed by atoms with Gasteiger partial charge in [0.15, 0.2) is 5.82 Å². The van der Waals surface area contributed by atoms with Gasteiger partial charge in [-0.15, -0.1) is 22.7 Å². The van der Waals surface area contributed by atoms with E-state index in [2.05, 4.69) is 144 Å². The van der Waals surface area contributed by atoms with Crippen molar-refractivity contribution >= 4 is 85.0 Å². The second-order valence-corrected chi connectivity index (χ2v) is 13.5. The van der Waals surface area contributed by atoms with Crippen molar-refractivity contribution in [3.8, 4) is 28.3 Å². The molecule has 0 radical (unpaired) electrons. The fraction of sp³-hybridized carbons (Fsp3) is 0. The standard InChI is InChI=1S/C40H23N3S2/c1-2-12-24(13-3-1)36-39-37(29-17-7-11-21-35(29)45-39)42-40(41-36)31-23-25(22-30-28-16-6-10-20-34(28)44-38(30)31)43-32-18-8-4-14-26(32)27-15-5-9-19-33(27)43/h1-23H. The molecule has 6 aromatic carbocycles. The maximum Gasteiger partial charge on any atom is 0.162 e.